The lowest BCUT2D eigenvalue weighted by Crippen LogP contribution is -2.32. The number of aliphatic hydroxyl groups is 1. The molecule has 1 aliphatic rings. The summed E-state index contributed by atoms with van der Waals surface area (Å²) in [4.78, 5) is 28.1. The minimum absolute atomic E-state index is 0.0986. The standard InChI is InChI=1S/C22H23NO5S/c1-14(2)28-18-7-5-4-6-17(18)23-21(25)19(20(22(23)26)29-13-12-24)15-8-10-16(27-3)11-9-15/h4-11,14,24H,12-13H2,1-3H3. The first-order chi connectivity index (χ1) is 14.0. The van der Waals surface area contributed by atoms with E-state index in [1.54, 1.807) is 55.6 Å². The van der Waals surface area contributed by atoms with Crippen LogP contribution < -0.4 is 14.4 Å². The number of para-hydroxylation sites is 2. The number of imide groups is 1. The van der Waals surface area contributed by atoms with Gasteiger partial charge in [-0.3, -0.25) is 9.59 Å². The minimum Gasteiger partial charge on any atom is -0.497 e. The number of hydrogen-bond donors (Lipinski definition) is 1. The average Bonchev–Trinajstić information content (AvgIpc) is 2.96. The van der Waals surface area contributed by atoms with Gasteiger partial charge in [0.25, 0.3) is 11.8 Å². The Bertz CT molecular complexity index is 936. The molecule has 0 unspecified atom stereocenters. The molecule has 1 heterocycles. The third-order valence-corrected chi connectivity index (χ3v) is 5.28. The molecule has 0 aromatic heterocycles. The molecule has 7 heteroatoms. The van der Waals surface area contributed by atoms with Gasteiger partial charge in [0.05, 0.1) is 36.0 Å². The van der Waals surface area contributed by atoms with Crippen molar-refractivity contribution >= 4 is 34.8 Å². The van der Waals surface area contributed by atoms with E-state index in [0.29, 0.717) is 39.0 Å². The fourth-order valence-corrected chi connectivity index (χ4v) is 3.88. The third kappa shape index (κ3) is 4.31. The maximum absolute atomic E-state index is 13.4. The highest BCUT2D eigenvalue weighted by molar-refractivity contribution is 8.04. The van der Waals surface area contributed by atoms with Gasteiger partial charge in [0.1, 0.15) is 11.5 Å². The number of nitrogens with zero attached hydrogens (tertiary/aromatic N) is 1. The van der Waals surface area contributed by atoms with Crippen LogP contribution in [0.3, 0.4) is 0 Å². The fraction of sp³-hybridized carbons (Fsp3) is 0.273. The summed E-state index contributed by atoms with van der Waals surface area (Å²) in [6, 6.07) is 14.0. The lowest BCUT2D eigenvalue weighted by Gasteiger charge is -2.20. The number of amides is 2. The van der Waals surface area contributed by atoms with Gasteiger partial charge in [-0.05, 0) is 43.7 Å². The molecule has 0 saturated carbocycles. The molecule has 3 rings (SSSR count). The molecule has 2 aromatic carbocycles. The highest BCUT2D eigenvalue weighted by atomic mass is 32.2. The molecule has 0 fully saturated rings. The second-order valence-electron chi connectivity index (χ2n) is 6.58. The van der Waals surface area contributed by atoms with Gasteiger partial charge in [-0.25, -0.2) is 4.90 Å². The summed E-state index contributed by atoms with van der Waals surface area (Å²) in [5.41, 5.74) is 1.34. The topological polar surface area (TPSA) is 76.1 Å². The SMILES string of the molecule is COc1ccc(C2=C(SCCO)C(=O)N(c3ccccc3OC(C)C)C2=O)cc1. The molecule has 0 saturated heterocycles. The Hall–Kier alpha value is -2.77. The molecule has 0 radical (unpaired) electrons. The first kappa shape index (κ1) is 21.0. The lowest BCUT2D eigenvalue weighted by molar-refractivity contribution is -0.119. The van der Waals surface area contributed by atoms with Crippen LogP contribution in [0.5, 0.6) is 11.5 Å². The van der Waals surface area contributed by atoms with Crippen LogP contribution in [-0.4, -0.2) is 42.5 Å². The van der Waals surface area contributed by atoms with Gasteiger partial charge in [-0.15, -0.1) is 11.8 Å². The van der Waals surface area contributed by atoms with Crippen molar-refractivity contribution in [1.82, 2.24) is 0 Å². The Morgan fingerprint density at radius 3 is 2.34 bits per heavy atom. The number of hydrogen-bond acceptors (Lipinski definition) is 6. The van der Waals surface area contributed by atoms with Crippen molar-refractivity contribution in [2.45, 2.75) is 20.0 Å². The summed E-state index contributed by atoms with van der Waals surface area (Å²) < 4.78 is 11.0. The highest BCUT2D eigenvalue weighted by Crippen LogP contribution is 2.41. The number of ether oxygens (including phenoxy) is 2. The lowest BCUT2D eigenvalue weighted by atomic mass is 10.1. The van der Waals surface area contributed by atoms with E-state index in [1.807, 2.05) is 13.8 Å². The van der Waals surface area contributed by atoms with E-state index < -0.39 is 11.8 Å². The zero-order valence-electron chi connectivity index (χ0n) is 16.5. The summed E-state index contributed by atoms with van der Waals surface area (Å²) >= 11 is 1.17. The van der Waals surface area contributed by atoms with E-state index in [2.05, 4.69) is 0 Å². The summed E-state index contributed by atoms with van der Waals surface area (Å²) in [6.07, 6.45) is -0.110. The van der Waals surface area contributed by atoms with Crippen molar-refractivity contribution in [3.8, 4) is 11.5 Å². The molecule has 1 N–H and O–H groups in total. The Labute approximate surface area is 174 Å². The summed E-state index contributed by atoms with van der Waals surface area (Å²) in [5, 5.41) is 9.24. The monoisotopic (exact) mass is 413 g/mol. The normalized spacial score (nSPS) is 14.2. The van der Waals surface area contributed by atoms with Crippen molar-refractivity contribution in [2.75, 3.05) is 24.4 Å². The zero-order valence-corrected chi connectivity index (χ0v) is 17.4. The third-order valence-electron chi connectivity index (χ3n) is 4.23. The summed E-state index contributed by atoms with van der Waals surface area (Å²) in [6.45, 7) is 3.67. The largest absolute Gasteiger partial charge is 0.497 e. The van der Waals surface area contributed by atoms with E-state index in [9.17, 15) is 14.7 Å². The van der Waals surface area contributed by atoms with Gasteiger partial charge < -0.3 is 14.6 Å². The number of benzene rings is 2. The maximum atomic E-state index is 13.4. The van der Waals surface area contributed by atoms with Gasteiger partial charge in [0, 0.05) is 5.75 Å². The number of methoxy groups -OCH3 is 1. The van der Waals surface area contributed by atoms with Gasteiger partial charge in [0.2, 0.25) is 0 Å². The van der Waals surface area contributed by atoms with Crippen molar-refractivity contribution in [3.63, 3.8) is 0 Å². The van der Waals surface area contributed by atoms with E-state index in [4.69, 9.17) is 9.47 Å². The molecule has 152 valence electrons. The zero-order chi connectivity index (χ0) is 21.0. The van der Waals surface area contributed by atoms with E-state index in [0.717, 1.165) is 4.90 Å². The molecule has 0 bridgehead atoms. The first-order valence-electron chi connectivity index (χ1n) is 9.24. The Morgan fingerprint density at radius 2 is 1.72 bits per heavy atom. The molecule has 0 atom stereocenters. The molecular weight excluding hydrogens is 390 g/mol. The summed E-state index contributed by atoms with van der Waals surface area (Å²) in [5.74, 6) is 0.598. The molecule has 1 aliphatic heterocycles. The van der Waals surface area contributed by atoms with E-state index in [1.165, 1.54) is 11.8 Å². The van der Waals surface area contributed by atoms with Crippen molar-refractivity contribution in [2.24, 2.45) is 0 Å². The Balaban J connectivity index is 2.06. The van der Waals surface area contributed by atoms with E-state index >= 15 is 0 Å². The predicted octanol–water partition coefficient (Wildman–Crippen LogP) is 3.49. The minimum atomic E-state index is -0.418. The second kappa shape index (κ2) is 9.15. The average molecular weight is 413 g/mol. The van der Waals surface area contributed by atoms with Gasteiger partial charge >= 0.3 is 0 Å². The predicted molar refractivity (Wildman–Crippen MR) is 114 cm³/mol. The smallest absolute Gasteiger partial charge is 0.272 e. The van der Waals surface area contributed by atoms with Crippen LogP contribution in [0, 0.1) is 0 Å². The quantitative estimate of drug-likeness (QED) is 0.668. The number of anilines is 1. The van der Waals surface area contributed by atoms with Gasteiger partial charge in [-0.1, -0.05) is 24.3 Å². The van der Waals surface area contributed by atoms with Crippen molar-refractivity contribution in [3.05, 3.63) is 59.0 Å². The van der Waals surface area contributed by atoms with Crippen LogP contribution in [0.4, 0.5) is 5.69 Å². The number of rotatable bonds is 8. The molecule has 0 spiro atoms. The molecule has 29 heavy (non-hydrogen) atoms. The summed E-state index contributed by atoms with van der Waals surface area (Å²) in [7, 11) is 1.56. The molecule has 2 aromatic rings. The van der Waals surface area contributed by atoms with Crippen LogP contribution >= 0.6 is 11.8 Å². The number of carbonyl (C=O) groups is 2. The second-order valence-corrected chi connectivity index (χ2v) is 7.69. The molecular formula is C22H23NO5S. The molecule has 2 amide bonds. The molecule has 6 nitrogen and oxygen atoms in total. The van der Waals surface area contributed by atoms with Gasteiger partial charge in [-0.2, -0.15) is 0 Å². The number of carbonyl (C=O) groups excluding carboxylic acids is 2. The van der Waals surface area contributed by atoms with Crippen LogP contribution in [0.25, 0.3) is 5.57 Å². The van der Waals surface area contributed by atoms with Crippen LogP contribution in [-0.2, 0) is 9.59 Å². The first-order valence-corrected chi connectivity index (χ1v) is 10.2. The van der Waals surface area contributed by atoms with Crippen molar-refractivity contribution in [1.29, 1.82) is 0 Å². The fourth-order valence-electron chi connectivity index (χ4n) is 3.02. The van der Waals surface area contributed by atoms with E-state index in [-0.39, 0.29) is 12.7 Å². The van der Waals surface area contributed by atoms with Crippen LogP contribution in [0.2, 0.25) is 0 Å². The number of thioether (sulfide) groups is 1. The van der Waals surface area contributed by atoms with Crippen LogP contribution in [0.1, 0.15) is 19.4 Å². The van der Waals surface area contributed by atoms with Crippen LogP contribution in [0.15, 0.2) is 53.4 Å². The highest BCUT2D eigenvalue weighted by Gasteiger charge is 2.41. The maximum Gasteiger partial charge on any atom is 0.272 e. The van der Waals surface area contributed by atoms with Crippen molar-refractivity contribution < 1.29 is 24.2 Å². The Morgan fingerprint density at radius 1 is 1.03 bits per heavy atom. The van der Waals surface area contributed by atoms with Gasteiger partial charge in [0.15, 0.2) is 0 Å². The Kier molecular flexibility index (Phi) is 6.61. The number of aliphatic hydroxyl groups excluding tert-OH is 1. The molecule has 0 aliphatic carbocycles.